The van der Waals surface area contributed by atoms with E-state index in [1.54, 1.807) is 0 Å². The van der Waals surface area contributed by atoms with Gasteiger partial charge in [0, 0.05) is 45.2 Å². The Morgan fingerprint density at radius 3 is 2.60 bits per heavy atom. The van der Waals surface area contributed by atoms with E-state index >= 15 is 0 Å². The van der Waals surface area contributed by atoms with E-state index in [1.165, 1.54) is 17.7 Å². The highest BCUT2D eigenvalue weighted by Crippen LogP contribution is 2.38. The van der Waals surface area contributed by atoms with Gasteiger partial charge >= 0.3 is 6.03 Å². The first kappa shape index (κ1) is 16.5. The second kappa shape index (κ2) is 6.72. The van der Waals surface area contributed by atoms with E-state index in [0.29, 0.717) is 24.9 Å². The largest absolute Gasteiger partial charge is 0.338 e. The highest BCUT2D eigenvalue weighted by molar-refractivity contribution is 6.01. The van der Waals surface area contributed by atoms with Crippen molar-refractivity contribution in [3.05, 3.63) is 11.7 Å². The van der Waals surface area contributed by atoms with Crippen LogP contribution < -0.4 is 5.32 Å². The number of piperazine rings is 1. The van der Waals surface area contributed by atoms with Gasteiger partial charge in [-0.2, -0.15) is 4.98 Å². The number of carbonyl (C=O) groups is 2. The molecule has 9 nitrogen and oxygen atoms in total. The number of urea groups is 1. The van der Waals surface area contributed by atoms with Crippen LogP contribution in [-0.2, 0) is 4.79 Å². The number of nitrogens with one attached hydrogen (secondary N) is 1. The van der Waals surface area contributed by atoms with Crippen LogP contribution in [0, 0.1) is 0 Å². The fourth-order valence-corrected chi connectivity index (χ4v) is 3.38. The van der Waals surface area contributed by atoms with Crippen LogP contribution in [0.5, 0.6) is 0 Å². The topological polar surface area (TPSA) is 94.8 Å². The molecule has 3 fully saturated rings. The van der Waals surface area contributed by atoms with Gasteiger partial charge in [0.2, 0.25) is 11.8 Å². The molecule has 3 aliphatic rings. The first-order chi connectivity index (χ1) is 12.1. The lowest BCUT2D eigenvalue weighted by Gasteiger charge is -2.37. The molecule has 2 saturated heterocycles. The smallest absolute Gasteiger partial charge is 0.324 e. The van der Waals surface area contributed by atoms with Crippen LogP contribution in [0.15, 0.2) is 4.52 Å². The van der Waals surface area contributed by atoms with Crippen molar-refractivity contribution in [2.75, 3.05) is 45.8 Å². The van der Waals surface area contributed by atoms with Crippen LogP contribution in [0.1, 0.15) is 43.4 Å². The molecule has 3 heterocycles. The normalized spacial score (nSPS) is 24.0. The Bertz CT molecular complexity index is 634. The van der Waals surface area contributed by atoms with E-state index in [2.05, 4.69) is 32.2 Å². The molecule has 4 rings (SSSR count). The number of hydrogen-bond donors (Lipinski definition) is 1. The quantitative estimate of drug-likeness (QED) is 0.733. The summed E-state index contributed by atoms with van der Waals surface area (Å²) in [5.74, 6) is 1.93. The van der Waals surface area contributed by atoms with Crippen molar-refractivity contribution in [1.82, 2.24) is 30.2 Å². The first-order valence-corrected chi connectivity index (χ1v) is 9.00. The van der Waals surface area contributed by atoms with Crippen LogP contribution in [0.2, 0.25) is 0 Å². The highest BCUT2D eigenvalue weighted by atomic mass is 16.5. The second-order valence-corrected chi connectivity index (χ2v) is 7.02. The Kier molecular flexibility index (Phi) is 4.43. The molecule has 0 aromatic carbocycles. The van der Waals surface area contributed by atoms with Crippen LogP contribution in [0.3, 0.4) is 0 Å². The molecule has 1 N–H and O–H groups in total. The number of aromatic nitrogens is 2. The number of nitrogens with zero attached hydrogens (tertiary/aromatic N) is 5. The molecule has 2 aliphatic heterocycles. The molecule has 1 aromatic heterocycles. The van der Waals surface area contributed by atoms with Gasteiger partial charge in [0.05, 0.1) is 12.6 Å². The maximum Gasteiger partial charge on any atom is 0.324 e. The summed E-state index contributed by atoms with van der Waals surface area (Å²) in [5.41, 5.74) is 0. The summed E-state index contributed by atoms with van der Waals surface area (Å²) in [6.07, 6.45) is 2.34. The molecular formula is C16H24N6O3. The van der Waals surface area contributed by atoms with E-state index in [0.717, 1.165) is 32.0 Å². The van der Waals surface area contributed by atoms with Gasteiger partial charge in [0.15, 0.2) is 5.82 Å². The van der Waals surface area contributed by atoms with Crippen LogP contribution in [0.4, 0.5) is 4.79 Å². The lowest BCUT2D eigenvalue weighted by Crippen LogP contribution is -2.49. The molecule has 0 unspecified atom stereocenters. The third-order valence-corrected chi connectivity index (χ3v) is 5.29. The van der Waals surface area contributed by atoms with Gasteiger partial charge in [0.25, 0.3) is 0 Å². The van der Waals surface area contributed by atoms with E-state index in [1.807, 2.05) is 0 Å². The Hall–Kier alpha value is -2.00. The second-order valence-electron chi connectivity index (χ2n) is 7.02. The van der Waals surface area contributed by atoms with Crippen molar-refractivity contribution < 1.29 is 14.1 Å². The van der Waals surface area contributed by atoms with Crippen molar-refractivity contribution in [1.29, 1.82) is 0 Å². The van der Waals surface area contributed by atoms with Gasteiger partial charge in [0.1, 0.15) is 0 Å². The maximum absolute atomic E-state index is 11.6. The molecule has 1 aromatic rings. The van der Waals surface area contributed by atoms with Crippen molar-refractivity contribution in [2.45, 2.75) is 31.7 Å². The number of carbonyl (C=O) groups excluding carboxylic acids is 2. The number of imide groups is 1. The third-order valence-electron chi connectivity index (χ3n) is 5.29. The van der Waals surface area contributed by atoms with Crippen molar-refractivity contribution >= 4 is 11.9 Å². The molecule has 136 valence electrons. The average Bonchev–Trinajstić information content (AvgIpc) is 3.27. The third kappa shape index (κ3) is 3.52. The molecule has 0 radical (unpaired) electrons. The highest BCUT2D eigenvalue weighted by Gasteiger charge is 2.32. The fourth-order valence-electron chi connectivity index (χ4n) is 3.38. The van der Waals surface area contributed by atoms with Crippen LogP contribution >= 0.6 is 0 Å². The number of rotatable bonds is 6. The minimum absolute atomic E-state index is 0.119. The minimum atomic E-state index is -0.278. The molecule has 25 heavy (non-hydrogen) atoms. The van der Waals surface area contributed by atoms with Gasteiger partial charge in [-0.25, -0.2) is 4.79 Å². The van der Waals surface area contributed by atoms with Crippen molar-refractivity contribution in [3.63, 3.8) is 0 Å². The van der Waals surface area contributed by atoms with Crippen molar-refractivity contribution in [2.24, 2.45) is 0 Å². The predicted molar refractivity (Wildman–Crippen MR) is 87.8 cm³/mol. The molecule has 1 atom stereocenters. The van der Waals surface area contributed by atoms with Gasteiger partial charge in [-0.05, 0) is 19.8 Å². The number of hydrogen-bond acceptors (Lipinski definition) is 7. The molecule has 0 spiro atoms. The Labute approximate surface area is 146 Å². The molecule has 0 bridgehead atoms. The Balaban J connectivity index is 1.24. The van der Waals surface area contributed by atoms with Crippen LogP contribution in [0.25, 0.3) is 0 Å². The summed E-state index contributed by atoms with van der Waals surface area (Å²) in [5, 5.41) is 6.65. The zero-order valence-electron chi connectivity index (χ0n) is 14.5. The minimum Gasteiger partial charge on any atom is -0.338 e. The van der Waals surface area contributed by atoms with E-state index in [9.17, 15) is 9.59 Å². The summed E-state index contributed by atoms with van der Waals surface area (Å²) < 4.78 is 5.44. The van der Waals surface area contributed by atoms with E-state index < -0.39 is 0 Å². The molecule has 3 amide bonds. The maximum atomic E-state index is 11.6. The standard InChI is InChI=1S/C16H24N6O3/c1-11(15-18-14(19-25-15)12-2-3-12)21-7-4-20(5-8-21)6-9-22-13(23)10-17-16(22)24/h11-12H,2-10H2,1H3,(H,17,24)/t11-/m0/s1. The zero-order valence-corrected chi connectivity index (χ0v) is 14.5. The molecule has 1 saturated carbocycles. The summed E-state index contributed by atoms with van der Waals surface area (Å²) in [7, 11) is 0. The summed E-state index contributed by atoms with van der Waals surface area (Å²) in [6, 6.07) is -0.159. The average molecular weight is 348 g/mol. The van der Waals surface area contributed by atoms with Crippen LogP contribution in [-0.4, -0.2) is 82.6 Å². The monoisotopic (exact) mass is 348 g/mol. The summed E-state index contributed by atoms with van der Waals surface area (Å²) in [6.45, 7) is 7.01. The Morgan fingerprint density at radius 1 is 1.20 bits per heavy atom. The van der Waals surface area contributed by atoms with Gasteiger partial charge in [-0.15, -0.1) is 0 Å². The summed E-state index contributed by atoms with van der Waals surface area (Å²) >= 11 is 0. The van der Waals surface area contributed by atoms with Gasteiger partial charge in [-0.1, -0.05) is 5.16 Å². The zero-order chi connectivity index (χ0) is 17.4. The SMILES string of the molecule is C[C@@H](c1nc(C2CC2)no1)N1CCN(CCN2C(=O)CNC2=O)CC1. The number of amides is 3. The molecule has 9 heteroatoms. The Morgan fingerprint density at radius 2 is 1.96 bits per heavy atom. The van der Waals surface area contributed by atoms with Crippen molar-refractivity contribution in [3.8, 4) is 0 Å². The van der Waals surface area contributed by atoms with E-state index in [4.69, 9.17) is 4.52 Å². The van der Waals surface area contributed by atoms with Gasteiger partial charge in [-0.3, -0.25) is 19.5 Å². The lowest BCUT2D eigenvalue weighted by molar-refractivity contribution is -0.125. The first-order valence-electron chi connectivity index (χ1n) is 9.00. The molecular weight excluding hydrogens is 324 g/mol. The molecule has 1 aliphatic carbocycles. The lowest BCUT2D eigenvalue weighted by atomic mass is 10.2. The van der Waals surface area contributed by atoms with E-state index in [-0.39, 0.29) is 24.5 Å². The van der Waals surface area contributed by atoms with Gasteiger partial charge < -0.3 is 9.84 Å². The predicted octanol–water partition coefficient (Wildman–Crippen LogP) is 0.177. The fraction of sp³-hybridized carbons (Fsp3) is 0.750. The summed E-state index contributed by atoms with van der Waals surface area (Å²) in [4.78, 5) is 33.6.